The number of halogens is 4. The van der Waals surface area contributed by atoms with Gasteiger partial charge in [-0.2, -0.15) is 13.2 Å². The van der Waals surface area contributed by atoms with Crippen LogP contribution < -0.4 is 16.4 Å². The first kappa shape index (κ1) is 22.2. The zero-order chi connectivity index (χ0) is 23.0. The highest BCUT2D eigenvalue weighted by Crippen LogP contribution is 2.35. The van der Waals surface area contributed by atoms with Crippen molar-refractivity contribution >= 4 is 28.1 Å². The van der Waals surface area contributed by atoms with E-state index in [9.17, 15) is 22.4 Å². The van der Waals surface area contributed by atoms with Crippen LogP contribution in [-0.2, 0) is 17.4 Å². The number of nitrogens with two attached hydrogens (primary N) is 1. The Hall–Kier alpha value is -2.98. The zero-order valence-corrected chi connectivity index (χ0v) is 17.8. The largest absolute Gasteiger partial charge is 0.416 e. The summed E-state index contributed by atoms with van der Waals surface area (Å²) in [6.45, 7) is 2.21. The average molecular weight is 464 g/mol. The number of aromatic nitrogens is 1. The Balaban J connectivity index is 1.40. The number of carbonyl (C=O) groups excluding carboxylic acids is 1. The Labute approximate surface area is 185 Å². The van der Waals surface area contributed by atoms with Crippen molar-refractivity contribution in [3.8, 4) is 10.4 Å². The molecule has 0 aliphatic carbocycles. The molecule has 1 aromatic heterocycles. The summed E-state index contributed by atoms with van der Waals surface area (Å²) >= 11 is 1.32. The third-order valence-corrected chi connectivity index (χ3v) is 6.48. The first-order valence-electron chi connectivity index (χ1n) is 9.87. The van der Waals surface area contributed by atoms with E-state index in [-0.39, 0.29) is 30.0 Å². The number of nitrogens with zero attached hydrogens (tertiary/aromatic N) is 1. The molecule has 2 atom stereocenters. The molecule has 0 bridgehead atoms. The predicted octanol–water partition coefficient (Wildman–Crippen LogP) is 5.01. The lowest BCUT2D eigenvalue weighted by Gasteiger charge is -2.21. The lowest BCUT2D eigenvalue weighted by molar-refractivity contribution is -0.137. The molecule has 32 heavy (non-hydrogen) atoms. The fourth-order valence-electron chi connectivity index (χ4n) is 3.54. The molecule has 0 unspecified atom stereocenters. The number of anilines is 2. The normalized spacial score (nSPS) is 15.2. The third-order valence-electron chi connectivity index (χ3n) is 5.47. The Kier molecular flexibility index (Phi) is 5.91. The number of fused-ring (bicyclic) bond motifs is 1. The minimum atomic E-state index is -4.37. The Morgan fingerprint density at radius 3 is 2.66 bits per heavy atom. The maximum Gasteiger partial charge on any atom is 0.416 e. The van der Waals surface area contributed by atoms with Crippen LogP contribution in [0.5, 0.6) is 0 Å². The zero-order valence-electron chi connectivity index (χ0n) is 17.0. The molecule has 3 aromatic rings. The summed E-state index contributed by atoms with van der Waals surface area (Å²) in [6, 6.07) is 7.75. The van der Waals surface area contributed by atoms with Crippen molar-refractivity contribution in [1.29, 1.82) is 0 Å². The smallest absolute Gasteiger partial charge is 0.360 e. The molecule has 4 N–H and O–H groups in total. The van der Waals surface area contributed by atoms with Gasteiger partial charge in [0.05, 0.1) is 22.5 Å². The van der Waals surface area contributed by atoms with Gasteiger partial charge in [-0.15, -0.1) is 0 Å². The summed E-state index contributed by atoms with van der Waals surface area (Å²) in [5, 5.41) is 6.23. The van der Waals surface area contributed by atoms with Gasteiger partial charge in [0.2, 0.25) is 5.91 Å². The number of hydrogen-bond acceptors (Lipinski definition) is 5. The highest BCUT2D eigenvalue weighted by molar-refractivity contribution is 7.18. The fourth-order valence-corrected chi connectivity index (χ4v) is 4.35. The molecule has 168 valence electrons. The van der Waals surface area contributed by atoms with Gasteiger partial charge in [-0.05, 0) is 46.9 Å². The molecular formula is C22H20F4N4OS. The van der Waals surface area contributed by atoms with Gasteiger partial charge >= 0.3 is 6.18 Å². The van der Waals surface area contributed by atoms with E-state index < -0.39 is 17.6 Å². The number of hydrogen-bond donors (Lipinski definition) is 3. The highest BCUT2D eigenvalue weighted by Gasteiger charge is 2.30. The van der Waals surface area contributed by atoms with Crippen LogP contribution in [0.25, 0.3) is 10.4 Å². The van der Waals surface area contributed by atoms with E-state index >= 15 is 0 Å². The van der Waals surface area contributed by atoms with Crippen LogP contribution in [0, 0.1) is 5.82 Å². The predicted molar refractivity (Wildman–Crippen MR) is 116 cm³/mol. The molecule has 5 nitrogen and oxygen atoms in total. The monoisotopic (exact) mass is 464 g/mol. The Morgan fingerprint density at radius 1 is 1.25 bits per heavy atom. The van der Waals surface area contributed by atoms with E-state index in [1.807, 2.05) is 6.92 Å². The van der Waals surface area contributed by atoms with Crippen molar-refractivity contribution in [2.45, 2.75) is 31.5 Å². The van der Waals surface area contributed by atoms with Crippen molar-refractivity contribution in [2.75, 3.05) is 17.2 Å². The minimum absolute atomic E-state index is 0.140. The molecule has 2 aromatic carbocycles. The van der Waals surface area contributed by atoms with E-state index in [0.717, 1.165) is 17.0 Å². The quantitative estimate of drug-likeness (QED) is 0.449. The van der Waals surface area contributed by atoms with Gasteiger partial charge < -0.3 is 16.4 Å². The summed E-state index contributed by atoms with van der Waals surface area (Å²) < 4.78 is 52.5. The molecule has 1 amide bonds. The number of benzene rings is 2. The molecule has 0 saturated carbocycles. The number of alkyl halides is 3. The molecule has 10 heteroatoms. The number of rotatable bonds is 6. The van der Waals surface area contributed by atoms with Crippen LogP contribution in [-0.4, -0.2) is 23.5 Å². The third kappa shape index (κ3) is 4.61. The van der Waals surface area contributed by atoms with Crippen molar-refractivity contribution in [3.63, 3.8) is 0 Å². The Morgan fingerprint density at radius 2 is 1.97 bits per heavy atom. The van der Waals surface area contributed by atoms with Crippen LogP contribution in [0.2, 0.25) is 0 Å². The lowest BCUT2D eigenvalue weighted by Crippen LogP contribution is -2.34. The van der Waals surface area contributed by atoms with Crippen molar-refractivity contribution in [2.24, 2.45) is 5.73 Å². The second-order valence-corrected chi connectivity index (χ2v) is 8.73. The molecule has 0 saturated heterocycles. The molecular weight excluding hydrogens is 444 g/mol. The minimum Gasteiger partial charge on any atom is -0.360 e. The molecule has 0 fully saturated rings. The molecule has 0 radical (unpaired) electrons. The standard InChI is InChI=1S/C22H20F4N4OS/c1-11(12-2-4-15(5-3-12)22(24,25)26)17(27)9-28-21-29-10-18(32-21)13-6-14-8-19(31)30-20(14)16(23)7-13/h2-7,10-11,17H,8-9,27H2,1H3,(H,28,29)(H,30,31)/t11-,17-/m0/s1. The molecule has 2 heterocycles. The van der Waals surface area contributed by atoms with Gasteiger partial charge in [-0.25, -0.2) is 9.37 Å². The summed E-state index contributed by atoms with van der Waals surface area (Å²) in [5.41, 5.74) is 7.72. The fraction of sp³-hybridized carbons (Fsp3) is 0.273. The number of carbonyl (C=O) groups is 1. The number of nitrogens with one attached hydrogen (secondary N) is 2. The van der Waals surface area contributed by atoms with Gasteiger partial charge in [-0.1, -0.05) is 30.4 Å². The molecule has 0 spiro atoms. The Bertz CT molecular complexity index is 1140. The lowest BCUT2D eigenvalue weighted by atomic mass is 9.93. The average Bonchev–Trinajstić information content (AvgIpc) is 3.37. The van der Waals surface area contributed by atoms with Gasteiger partial charge in [-0.3, -0.25) is 4.79 Å². The second-order valence-electron chi connectivity index (χ2n) is 7.70. The van der Waals surface area contributed by atoms with E-state index in [1.54, 1.807) is 12.3 Å². The van der Waals surface area contributed by atoms with Crippen LogP contribution in [0.4, 0.5) is 28.4 Å². The maximum atomic E-state index is 14.3. The van der Waals surface area contributed by atoms with E-state index in [0.29, 0.717) is 28.4 Å². The van der Waals surface area contributed by atoms with Gasteiger partial charge in [0.25, 0.3) is 0 Å². The van der Waals surface area contributed by atoms with Crippen LogP contribution >= 0.6 is 11.3 Å². The number of thiazole rings is 1. The summed E-state index contributed by atoms with van der Waals surface area (Å²) in [6.07, 6.45) is -2.62. The molecule has 1 aliphatic heterocycles. The van der Waals surface area contributed by atoms with Crippen molar-refractivity contribution < 1.29 is 22.4 Å². The topological polar surface area (TPSA) is 80.0 Å². The summed E-state index contributed by atoms with van der Waals surface area (Å²) in [5.74, 6) is -0.905. The van der Waals surface area contributed by atoms with Gasteiger partial charge in [0.15, 0.2) is 5.13 Å². The second kappa shape index (κ2) is 8.51. The van der Waals surface area contributed by atoms with Crippen molar-refractivity contribution in [1.82, 2.24) is 4.98 Å². The van der Waals surface area contributed by atoms with E-state index in [1.165, 1.54) is 29.5 Å². The maximum absolute atomic E-state index is 14.3. The molecule has 1 aliphatic rings. The first-order valence-corrected chi connectivity index (χ1v) is 10.7. The van der Waals surface area contributed by atoms with Crippen LogP contribution in [0.15, 0.2) is 42.6 Å². The van der Waals surface area contributed by atoms with Gasteiger partial charge in [0, 0.05) is 18.8 Å². The number of amides is 1. The molecule has 4 rings (SSSR count). The summed E-state index contributed by atoms with van der Waals surface area (Å²) in [7, 11) is 0. The first-order chi connectivity index (χ1) is 15.1. The van der Waals surface area contributed by atoms with E-state index in [4.69, 9.17) is 5.73 Å². The van der Waals surface area contributed by atoms with E-state index in [2.05, 4.69) is 15.6 Å². The SMILES string of the molecule is C[C@@H](c1ccc(C(F)(F)F)cc1)[C@@H](N)CNc1ncc(-c2cc(F)c3c(c2)CC(=O)N3)s1. The highest BCUT2D eigenvalue weighted by atomic mass is 32.1. The van der Waals surface area contributed by atoms with Crippen LogP contribution in [0.1, 0.15) is 29.5 Å². The van der Waals surface area contributed by atoms with Crippen molar-refractivity contribution in [3.05, 3.63) is 65.1 Å². The van der Waals surface area contributed by atoms with Crippen LogP contribution in [0.3, 0.4) is 0 Å². The van der Waals surface area contributed by atoms with Gasteiger partial charge in [0.1, 0.15) is 5.82 Å². The summed E-state index contributed by atoms with van der Waals surface area (Å²) in [4.78, 5) is 16.5.